The molecular weight excluding hydrogens is 295 g/mol. The number of carbonyl (C=O) groups is 2. The highest BCUT2D eigenvalue weighted by molar-refractivity contribution is 6.05. The average Bonchev–Trinajstić information content (AvgIpc) is 2.99. The van der Waals surface area contributed by atoms with E-state index in [1.54, 1.807) is 35.2 Å². The van der Waals surface area contributed by atoms with Crippen molar-refractivity contribution >= 4 is 23.2 Å². The lowest BCUT2D eigenvalue weighted by atomic mass is 10.1. The van der Waals surface area contributed by atoms with Crippen molar-refractivity contribution in [2.45, 2.75) is 19.8 Å². The number of nitrogens with zero attached hydrogens (tertiary/aromatic N) is 1. The Labute approximate surface area is 133 Å². The SMILES string of the molecule is CCC(=O)N1CCc2cc(C(=O)Nc3ccccc3F)ccc21. The van der Waals surface area contributed by atoms with Crippen molar-refractivity contribution in [1.82, 2.24) is 0 Å². The highest BCUT2D eigenvalue weighted by Crippen LogP contribution is 2.29. The molecule has 0 bridgehead atoms. The molecule has 118 valence electrons. The van der Waals surface area contributed by atoms with Crippen LogP contribution in [-0.2, 0) is 11.2 Å². The Morgan fingerprint density at radius 3 is 2.74 bits per heavy atom. The Bertz CT molecular complexity index is 773. The first-order valence-corrected chi connectivity index (χ1v) is 7.59. The molecule has 23 heavy (non-hydrogen) atoms. The third-order valence-corrected chi connectivity index (χ3v) is 3.96. The standard InChI is InChI=1S/C18H17FN2O2/c1-2-17(22)21-10-9-12-11-13(7-8-16(12)21)18(23)20-15-6-4-3-5-14(15)19/h3-8,11H,2,9-10H2,1H3,(H,20,23). The molecular formula is C18H17FN2O2. The summed E-state index contributed by atoms with van der Waals surface area (Å²) in [5.74, 6) is -0.757. The molecule has 5 heteroatoms. The van der Waals surface area contributed by atoms with Crippen LogP contribution in [0.5, 0.6) is 0 Å². The summed E-state index contributed by atoms with van der Waals surface area (Å²) in [5.41, 5.74) is 2.44. The topological polar surface area (TPSA) is 49.4 Å². The van der Waals surface area contributed by atoms with Gasteiger partial charge in [0.1, 0.15) is 5.82 Å². The summed E-state index contributed by atoms with van der Waals surface area (Å²) in [6, 6.07) is 11.3. The summed E-state index contributed by atoms with van der Waals surface area (Å²) in [5, 5.41) is 2.57. The van der Waals surface area contributed by atoms with E-state index >= 15 is 0 Å². The fraction of sp³-hybridized carbons (Fsp3) is 0.222. The monoisotopic (exact) mass is 312 g/mol. The van der Waals surface area contributed by atoms with Crippen molar-refractivity contribution in [3.05, 3.63) is 59.4 Å². The normalized spacial score (nSPS) is 12.9. The molecule has 0 saturated heterocycles. The van der Waals surface area contributed by atoms with E-state index in [0.717, 1.165) is 17.7 Å². The van der Waals surface area contributed by atoms with E-state index in [1.165, 1.54) is 12.1 Å². The zero-order valence-electron chi connectivity index (χ0n) is 12.8. The van der Waals surface area contributed by atoms with Crippen LogP contribution in [0.4, 0.5) is 15.8 Å². The molecule has 2 aromatic carbocycles. The second kappa shape index (κ2) is 6.20. The van der Waals surface area contributed by atoms with Crippen molar-refractivity contribution in [2.75, 3.05) is 16.8 Å². The highest BCUT2D eigenvalue weighted by Gasteiger charge is 2.24. The first kappa shape index (κ1) is 15.2. The Balaban J connectivity index is 1.81. The van der Waals surface area contributed by atoms with Crippen molar-refractivity contribution in [3.63, 3.8) is 0 Å². The van der Waals surface area contributed by atoms with Gasteiger partial charge in [0.15, 0.2) is 0 Å². The molecule has 0 spiro atoms. The van der Waals surface area contributed by atoms with Crippen molar-refractivity contribution in [1.29, 1.82) is 0 Å². The quantitative estimate of drug-likeness (QED) is 0.944. The molecule has 0 radical (unpaired) electrons. The lowest BCUT2D eigenvalue weighted by Gasteiger charge is -2.16. The van der Waals surface area contributed by atoms with E-state index in [2.05, 4.69) is 5.32 Å². The van der Waals surface area contributed by atoms with Crippen molar-refractivity contribution in [3.8, 4) is 0 Å². The van der Waals surface area contributed by atoms with E-state index in [1.807, 2.05) is 6.92 Å². The van der Waals surface area contributed by atoms with Crippen LogP contribution in [0.15, 0.2) is 42.5 Å². The van der Waals surface area contributed by atoms with Crippen LogP contribution in [0.1, 0.15) is 29.3 Å². The van der Waals surface area contributed by atoms with Crippen LogP contribution in [0.25, 0.3) is 0 Å². The number of halogens is 1. The molecule has 0 aliphatic carbocycles. The van der Waals surface area contributed by atoms with Gasteiger partial charge in [0.25, 0.3) is 5.91 Å². The third-order valence-electron chi connectivity index (χ3n) is 3.96. The van der Waals surface area contributed by atoms with Gasteiger partial charge in [-0.05, 0) is 42.3 Å². The Morgan fingerprint density at radius 2 is 2.00 bits per heavy atom. The summed E-state index contributed by atoms with van der Waals surface area (Å²) in [6.45, 7) is 2.47. The smallest absolute Gasteiger partial charge is 0.255 e. The van der Waals surface area contributed by atoms with E-state index in [-0.39, 0.29) is 17.5 Å². The van der Waals surface area contributed by atoms with Gasteiger partial charge in [-0.1, -0.05) is 19.1 Å². The fourth-order valence-corrected chi connectivity index (χ4v) is 2.75. The molecule has 2 amide bonds. The second-order valence-electron chi connectivity index (χ2n) is 5.43. The van der Waals surface area contributed by atoms with Gasteiger partial charge in [0, 0.05) is 24.2 Å². The molecule has 0 saturated carbocycles. The molecule has 0 unspecified atom stereocenters. The minimum Gasteiger partial charge on any atom is -0.319 e. The lowest BCUT2D eigenvalue weighted by Crippen LogP contribution is -2.27. The lowest BCUT2D eigenvalue weighted by molar-refractivity contribution is -0.118. The minimum absolute atomic E-state index is 0.0762. The molecule has 1 aliphatic rings. The molecule has 4 nitrogen and oxygen atoms in total. The predicted octanol–water partition coefficient (Wildman–Crippen LogP) is 3.38. The van der Waals surface area contributed by atoms with Gasteiger partial charge in [0.05, 0.1) is 5.69 Å². The van der Waals surface area contributed by atoms with E-state index in [4.69, 9.17) is 0 Å². The minimum atomic E-state index is -0.471. The average molecular weight is 312 g/mol. The molecule has 3 rings (SSSR count). The van der Waals surface area contributed by atoms with Crippen LogP contribution in [0, 0.1) is 5.82 Å². The van der Waals surface area contributed by atoms with Gasteiger partial charge in [-0.15, -0.1) is 0 Å². The van der Waals surface area contributed by atoms with Crippen molar-refractivity contribution < 1.29 is 14.0 Å². The molecule has 1 N–H and O–H groups in total. The zero-order chi connectivity index (χ0) is 16.4. The first-order chi connectivity index (χ1) is 11.1. The van der Waals surface area contributed by atoms with Crippen LogP contribution in [-0.4, -0.2) is 18.4 Å². The van der Waals surface area contributed by atoms with Crippen LogP contribution in [0.2, 0.25) is 0 Å². The summed E-state index contributed by atoms with van der Waals surface area (Å²) in [4.78, 5) is 25.9. The Morgan fingerprint density at radius 1 is 1.22 bits per heavy atom. The number of carbonyl (C=O) groups excluding carboxylic acids is 2. The molecule has 1 aliphatic heterocycles. The summed E-state index contributed by atoms with van der Waals surface area (Å²) < 4.78 is 13.6. The number of rotatable bonds is 3. The van der Waals surface area contributed by atoms with Gasteiger partial charge in [-0.2, -0.15) is 0 Å². The first-order valence-electron chi connectivity index (χ1n) is 7.59. The van der Waals surface area contributed by atoms with E-state index in [9.17, 15) is 14.0 Å². The van der Waals surface area contributed by atoms with Gasteiger partial charge < -0.3 is 10.2 Å². The van der Waals surface area contributed by atoms with Crippen LogP contribution >= 0.6 is 0 Å². The molecule has 2 aromatic rings. The maximum absolute atomic E-state index is 13.6. The Kier molecular flexibility index (Phi) is 4.10. The number of fused-ring (bicyclic) bond motifs is 1. The number of nitrogens with one attached hydrogen (secondary N) is 1. The van der Waals surface area contributed by atoms with Gasteiger partial charge >= 0.3 is 0 Å². The molecule has 0 atom stereocenters. The predicted molar refractivity (Wildman–Crippen MR) is 87.1 cm³/mol. The van der Waals surface area contributed by atoms with Gasteiger partial charge in [-0.25, -0.2) is 4.39 Å². The maximum Gasteiger partial charge on any atom is 0.255 e. The Hall–Kier alpha value is -2.69. The summed E-state index contributed by atoms with van der Waals surface area (Å²) in [7, 11) is 0. The van der Waals surface area contributed by atoms with Gasteiger partial charge in [0.2, 0.25) is 5.91 Å². The van der Waals surface area contributed by atoms with Crippen LogP contribution < -0.4 is 10.2 Å². The van der Waals surface area contributed by atoms with Gasteiger partial charge in [-0.3, -0.25) is 9.59 Å². The third kappa shape index (κ3) is 2.95. The largest absolute Gasteiger partial charge is 0.319 e. The number of hydrogen-bond donors (Lipinski definition) is 1. The second-order valence-corrected chi connectivity index (χ2v) is 5.43. The van der Waals surface area contributed by atoms with Crippen molar-refractivity contribution in [2.24, 2.45) is 0 Å². The number of para-hydroxylation sites is 1. The maximum atomic E-state index is 13.6. The number of anilines is 2. The summed E-state index contributed by atoms with van der Waals surface area (Å²) in [6.07, 6.45) is 1.18. The number of benzene rings is 2. The molecule has 0 fully saturated rings. The zero-order valence-corrected chi connectivity index (χ0v) is 12.8. The number of amides is 2. The summed E-state index contributed by atoms with van der Waals surface area (Å²) >= 11 is 0. The molecule has 0 aromatic heterocycles. The highest BCUT2D eigenvalue weighted by atomic mass is 19.1. The van der Waals surface area contributed by atoms with E-state index < -0.39 is 5.82 Å². The molecule has 1 heterocycles. The van der Waals surface area contributed by atoms with Crippen LogP contribution in [0.3, 0.4) is 0 Å². The fourth-order valence-electron chi connectivity index (χ4n) is 2.75. The number of hydrogen-bond acceptors (Lipinski definition) is 2. The van der Waals surface area contributed by atoms with E-state index in [0.29, 0.717) is 18.5 Å².